The molecule has 0 spiro atoms. The highest BCUT2D eigenvalue weighted by atomic mass is 16.1. The van der Waals surface area contributed by atoms with Gasteiger partial charge >= 0.3 is 0 Å². The van der Waals surface area contributed by atoms with Crippen LogP contribution in [0.5, 0.6) is 0 Å². The molecule has 0 aromatic heterocycles. The van der Waals surface area contributed by atoms with Gasteiger partial charge in [-0.3, -0.25) is 4.79 Å². The van der Waals surface area contributed by atoms with Crippen molar-refractivity contribution >= 4 is 17.7 Å². The van der Waals surface area contributed by atoms with Crippen LogP contribution in [0, 0.1) is 6.92 Å². The maximum absolute atomic E-state index is 12.0. The number of carbonyl (C=O) groups excluding carboxylic acids is 1. The van der Waals surface area contributed by atoms with Crippen LogP contribution in [0.4, 0.5) is 5.69 Å². The Kier molecular flexibility index (Phi) is 4.94. The van der Waals surface area contributed by atoms with Crippen LogP contribution in [0.3, 0.4) is 0 Å². The maximum Gasteiger partial charge on any atom is 0.248 e. The van der Waals surface area contributed by atoms with Crippen LogP contribution in [0.2, 0.25) is 0 Å². The van der Waals surface area contributed by atoms with E-state index in [-0.39, 0.29) is 5.91 Å². The summed E-state index contributed by atoms with van der Waals surface area (Å²) in [7, 11) is 0. The van der Waals surface area contributed by atoms with Crippen LogP contribution in [0.25, 0.3) is 6.08 Å². The first-order valence-electron chi connectivity index (χ1n) is 7.21. The second-order valence-electron chi connectivity index (χ2n) is 5.48. The number of carbonyl (C=O) groups is 1. The third-order valence-electron chi connectivity index (χ3n) is 3.31. The summed E-state index contributed by atoms with van der Waals surface area (Å²) in [6.45, 7) is 6.28. The summed E-state index contributed by atoms with van der Waals surface area (Å²) in [5, 5.41) is 2.95. The lowest BCUT2D eigenvalue weighted by Gasteiger charge is -2.12. The molecule has 2 heteroatoms. The molecule has 2 aromatic carbocycles. The van der Waals surface area contributed by atoms with E-state index in [2.05, 4.69) is 19.2 Å². The van der Waals surface area contributed by atoms with Gasteiger partial charge in [0.2, 0.25) is 5.91 Å². The monoisotopic (exact) mass is 279 g/mol. The summed E-state index contributed by atoms with van der Waals surface area (Å²) in [5.74, 6) is 0.270. The van der Waals surface area contributed by atoms with E-state index in [1.165, 1.54) is 5.56 Å². The van der Waals surface area contributed by atoms with Gasteiger partial charge in [0, 0.05) is 11.8 Å². The summed E-state index contributed by atoms with van der Waals surface area (Å²) in [6, 6.07) is 16.0. The van der Waals surface area contributed by atoms with Crippen molar-refractivity contribution in [3.05, 3.63) is 71.3 Å². The number of hydrogen-bond donors (Lipinski definition) is 1. The first-order valence-corrected chi connectivity index (χ1v) is 7.21. The van der Waals surface area contributed by atoms with Crippen molar-refractivity contribution < 1.29 is 4.79 Å². The van der Waals surface area contributed by atoms with Crippen molar-refractivity contribution in [3.8, 4) is 0 Å². The van der Waals surface area contributed by atoms with E-state index in [9.17, 15) is 4.79 Å². The summed E-state index contributed by atoms with van der Waals surface area (Å²) in [6.07, 6.45) is 3.41. The number of rotatable bonds is 4. The van der Waals surface area contributed by atoms with Gasteiger partial charge in [-0.2, -0.15) is 0 Å². The highest BCUT2D eigenvalue weighted by molar-refractivity contribution is 6.02. The molecule has 0 aliphatic heterocycles. The molecule has 108 valence electrons. The number of nitrogens with one attached hydrogen (secondary N) is 1. The average molecular weight is 279 g/mol. The Morgan fingerprint density at radius 1 is 1.10 bits per heavy atom. The largest absolute Gasteiger partial charge is 0.322 e. The zero-order valence-corrected chi connectivity index (χ0v) is 12.8. The maximum atomic E-state index is 12.0. The van der Waals surface area contributed by atoms with Gasteiger partial charge in [-0.1, -0.05) is 61.9 Å². The molecule has 1 N–H and O–H groups in total. The summed E-state index contributed by atoms with van der Waals surface area (Å²) in [4.78, 5) is 12.0. The second-order valence-corrected chi connectivity index (χ2v) is 5.48. The van der Waals surface area contributed by atoms with E-state index in [0.717, 1.165) is 16.8 Å². The molecule has 0 heterocycles. The summed E-state index contributed by atoms with van der Waals surface area (Å²) in [5.41, 5.74) is 4.24. The summed E-state index contributed by atoms with van der Waals surface area (Å²) >= 11 is 0. The fourth-order valence-electron chi connectivity index (χ4n) is 2.23. The van der Waals surface area contributed by atoms with E-state index in [1.807, 2.05) is 61.5 Å². The fraction of sp³-hybridized carbons (Fsp3) is 0.211. The molecule has 0 saturated heterocycles. The average Bonchev–Trinajstić information content (AvgIpc) is 2.45. The minimum Gasteiger partial charge on any atom is -0.322 e. The smallest absolute Gasteiger partial charge is 0.248 e. The van der Waals surface area contributed by atoms with Crippen LogP contribution in [0.15, 0.2) is 54.6 Å². The Balaban J connectivity index is 2.09. The number of amides is 1. The molecule has 0 radical (unpaired) electrons. The van der Waals surface area contributed by atoms with Gasteiger partial charge in [0.25, 0.3) is 0 Å². The molecule has 0 atom stereocenters. The predicted octanol–water partition coefficient (Wildman–Crippen LogP) is 4.77. The van der Waals surface area contributed by atoms with Gasteiger partial charge in [0.1, 0.15) is 0 Å². The molecule has 0 aliphatic carbocycles. The number of anilines is 1. The molecule has 0 aliphatic rings. The van der Waals surface area contributed by atoms with Gasteiger partial charge in [-0.25, -0.2) is 0 Å². The minimum absolute atomic E-state index is 0.107. The molecule has 1 amide bonds. The second kappa shape index (κ2) is 6.89. The van der Waals surface area contributed by atoms with E-state index in [1.54, 1.807) is 6.08 Å². The number of benzene rings is 2. The van der Waals surface area contributed by atoms with Crippen LogP contribution in [0.1, 0.15) is 36.5 Å². The third kappa shape index (κ3) is 4.32. The van der Waals surface area contributed by atoms with Gasteiger partial charge in [-0.15, -0.1) is 0 Å². The molecule has 0 unspecified atom stereocenters. The van der Waals surface area contributed by atoms with Gasteiger partial charge in [0.15, 0.2) is 0 Å². The Morgan fingerprint density at radius 2 is 1.86 bits per heavy atom. The Labute approximate surface area is 126 Å². The molecular weight excluding hydrogens is 258 g/mol. The van der Waals surface area contributed by atoms with Gasteiger partial charge in [0.05, 0.1) is 0 Å². The minimum atomic E-state index is -0.107. The SMILES string of the molecule is Cc1cccc(/C=C/C(=O)Nc2ccccc2C(C)C)c1. The molecule has 0 bridgehead atoms. The van der Waals surface area contributed by atoms with Crippen molar-refractivity contribution in [2.24, 2.45) is 0 Å². The third-order valence-corrected chi connectivity index (χ3v) is 3.31. The van der Waals surface area contributed by atoms with Crippen LogP contribution in [-0.2, 0) is 4.79 Å². The van der Waals surface area contributed by atoms with E-state index >= 15 is 0 Å². The molecule has 0 saturated carbocycles. The first kappa shape index (κ1) is 15.0. The quantitative estimate of drug-likeness (QED) is 0.802. The molecular formula is C19H21NO. The first-order chi connectivity index (χ1) is 10.1. The van der Waals surface area contributed by atoms with E-state index in [0.29, 0.717) is 5.92 Å². The zero-order valence-electron chi connectivity index (χ0n) is 12.8. The van der Waals surface area contributed by atoms with Crippen molar-refractivity contribution in [2.45, 2.75) is 26.7 Å². The molecule has 21 heavy (non-hydrogen) atoms. The van der Waals surface area contributed by atoms with Crippen LogP contribution >= 0.6 is 0 Å². The Bertz CT molecular complexity index is 656. The van der Waals surface area contributed by atoms with E-state index in [4.69, 9.17) is 0 Å². The zero-order chi connectivity index (χ0) is 15.2. The Morgan fingerprint density at radius 3 is 2.57 bits per heavy atom. The molecule has 0 fully saturated rings. The number of aryl methyl sites for hydroxylation is 1. The van der Waals surface area contributed by atoms with Crippen molar-refractivity contribution in [1.82, 2.24) is 0 Å². The molecule has 2 rings (SSSR count). The lowest BCUT2D eigenvalue weighted by Crippen LogP contribution is -2.10. The van der Waals surface area contributed by atoms with Crippen LogP contribution in [-0.4, -0.2) is 5.91 Å². The Hall–Kier alpha value is -2.35. The molecule has 2 aromatic rings. The van der Waals surface area contributed by atoms with Gasteiger partial charge in [-0.05, 0) is 36.1 Å². The van der Waals surface area contributed by atoms with Crippen molar-refractivity contribution in [2.75, 3.05) is 5.32 Å². The van der Waals surface area contributed by atoms with Crippen molar-refractivity contribution in [3.63, 3.8) is 0 Å². The topological polar surface area (TPSA) is 29.1 Å². The lowest BCUT2D eigenvalue weighted by atomic mass is 10.0. The standard InChI is InChI=1S/C19H21NO/c1-14(2)17-9-4-5-10-18(17)20-19(21)12-11-16-8-6-7-15(3)13-16/h4-14H,1-3H3,(H,20,21)/b12-11+. The fourth-order valence-corrected chi connectivity index (χ4v) is 2.23. The van der Waals surface area contributed by atoms with Gasteiger partial charge < -0.3 is 5.32 Å². The van der Waals surface area contributed by atoms with E-state index < -0.39 is 0 Å². The summed E-state index contributed by atoms with van der Waals surface area (Å²) < 4.78 is 0. The van der Waals surface area contributed by atoms with Crippen molar-refractivity contribution in [1.29, 1.82) is 0 Å². The molecule has 2 nitrogen and oxygen atoms in total. The normalized spacial score (nSPS) is 11.0. The highest BCUT2D eigenvalue weighted by Crippen LogP contribution is 2.23. The predicted molar refractivity (Wildman–Crippen MR) is 89.4 cm³/mol. The lowest BCUT2D eigenvalue weighted by molar-refractivity contribution is -0.111. The number of para-hydroxylation sites is 1. The highest BCUT2D eigenvalue weighted by Gasteiger charge is 2.07. The number of hydrogen-bond acceptors (Lipinski definition) is 1. The van der Waals surface area contributed by atoms with Crippen LogP contribution < -0.4 is 5.32 Å².